The minimum atomic E-state index is -4.24. The van der Waals surface area contributed by atoms with Crippen LogP contribution in [0.5, 0.6) is 5.88 Å². The van der Waals surface area contributed by atoms with E-state index in [0.29, 0.717) is 0 Å². The molecule has 13 nitrogen and oxygen atoms in total. The summed E-state index contributed by atoms with van der Waals surface area (Å²) in [6.45, 7) is 3.55. The van der Waals surface area contributed by atoms with Crippen molar-refractivity contribution in [2.75, 3.05) is 26.1 Å². The summed E-state index contributed by atoms with van der Waals surface area (Å²) in [6.07, 6.45) is -2.60. The smallest absolute Gasteiger partial charge is 0.475 e. The van der Waals surface area contributed by atoms with Gasteiger partial charge in [0.05, 0.1) is 26.1 Å². The lowest BCUT2D eigenvalue weighted by Gasteiger charge is -2.33. The molecule has 0 aromatic carbocycles. The second-order valence-electron chi connectivity index (χ2n) is 7.67. The van der Waals surface area contributed by atoms with Crippen LogP contribution in [0.4, 0.5) is 10.3 Å². The summed E-state index contributed by atoms with van der Waals surface area (Å²) in [5, 5.41) is 0. The van der Waals surface area contributed by atoms with Crippen LogP contribution < -0.4 is 10.5 Å². The number of aromatic nitrogens is 4. The predicted molar refractivity (Wildman–Crippen MR) is 105 cm³/mol. The number of nitrogen functional groups attached to an aromatic ring is 1. The first-order valence-corrected chi connectivity index (χ1v) is 11.2. The fourth-order valence-corrected chi connectivity index (χ4v) is 4.97. The second-order valence-corrected chi connectivity index (χ2v) is 9.30. The average molecular weight is 475 g/mol. The quantitative estimate of drug-likeness (QED) is 0.475. The van der Waals surface area contributed by atoms with E-state index in [1.165, 1.54) is 24.9 Å². The van der Waals surface area contributed by atoms with Crippen molar-refractivity contribution in [2.24, 2.45) is 0 Å². The Morgan fingerprint density at radius 2 is 2.22 bits per heavy atom. The third-order valence-electron chi connectivity index (χ3n) is 4.88. The molecule has 2 N–H and O–H groups in total. The number of methoxy groups -OCH3 is 1. The molecule has 0 saturated carbocycles. The Kier molecular flexibility index (Phi) is 5.84. The number of carbonyl (C=O) groups is 1. The lowest BCUT2D eigenvalue weighted by molar-refractivity contribution is -0.151. The number of alkyl halides is 1. The number of rotatable bonds is 6. The largest absolute Gasteiger partial charge is 0.479 e. The number of imidazole rings is 1. The molecular formula is C17H23FN5O8P. The third kappa shape index (κ3) is 4.04. The van der Waals surface area contributed by atoms with E-state index in [2.05, 4.69) is 15.0 Å². The Morgan fingerprint density at radius 1 is 1.47 bits per heavy atom. The Bertz CT molecular complexity index is 1080. The van der Waals surface area contributed by atoms with Crippen molar-refractivity contribution in [3.63, 3.8) is 0 Å². The van der Waals surface area contributed by atoms with Gasteiger partial charge in [-0.15, -0.1) is 0 Å². The van der Waals surface area contributed by atoms with Crippen molar-refractivity contribution in [1.29, 1.82) is 0 Å². The molecular weight excluding hydrogens is 452 g/mol. The molecule has 2 aromatic heterocycles. The molecule has 2 aromatic rings. The Hall–Kier alpha value is -2.38. The number of carbonyl (C=O) groups excluding carboxylic acids is 1. The van der Waals surface area contributed by atoms with Crippen molar-refractivity contribution in [2.45, 2.75) is 51.0 Å². The van der Waals surface area contributed by atoms with Crippen LogP contribution in [0.15, 0.2) is 6.33 Å². The van der Waals surface area contributed by atoms with Crippen LogP contribution in [0.2, 0.25) is 0 Å². The number of esters is 1. The molecule has 2 aliphatic heterocycles. The molecule has 15 heteroatoms. The SMILES string of the molecule is COc1nc(N)nc2c1ncn2C1O[C@@H]2COP(=O)(OCC(=O)OC(C)C)O[C@H]2[C@@]1(C)F. The van der Waals surface area contributed by atoms with Gasteiger partial charge in [-0.3, -0.25) is 18.1 Å². The Balaban J connectivity index is 1.56. The molecule has 0 aliphatic carbocycles. The van der Waals surface area contributed by atoms with Crippen LogP contribution in [-0.2, 0) is 32.4 Å². The summed E-state index contributed by atoms with van der Waals surface area (Å²) in [5.41, 5.74) is 3.94. The van der Waals surface area contributed by atoms with Crippen molar-refractivity contribution >= 4 is 30.9 Å². The molecule has 0 spiro atoms. The maximum Gasteiger partial charge on any atom is 0.475 e. The number of halogens is 1. The number of phosphoric acid groups is 1. The monoisotopic (exact) mass is 475 g/mol. The Morgan fingerprint density at radius 3 is 2.91 bits per heavy atom. The maximum absolute atomic E-state index is 16.0. The van der Waals surface area contributed by atoms with Gasteiger partial charge in [-0.05, 0) is 20.8 Å². The summed E-state index contributed by atoms with van der Waals surface area (Å²) in [4.78, 5) is 23.9. The van der Waals surface area contributed by atoms with E-state index in [0.717, 1.165) is 0 Å². The van der Waals surface area contributed by atoms with Gasteiger partial charge in [-0.1, -0.05) is 0 Å². The van der Waals surface area contributed by atoms with E-state index in [4.69, 9.17) is 33.5 Å². The zero-order valence-corrected chi connectivity index (χ0v) is 18.7. The number of ether oxygens (including phenoxy) is 3. The molecule has 2 saturated heterocycles. The van der Waals surface area contributed by atoms with E-state index in [1.54, 1.807) is 13.8 Å². The van der Waals surface area contributed by atoms with Gasteiger partial charge >= 0.3 is 13.8 Å². The van der Waals surface area contributed by atoms with Crippen LogP contribution in [-0.4, -0.2) is 69.8 Å². The molecule has 2 unspecified atom stereocenters. The minimum Gasteiger partial charge on any atom is -0.479 e. The number of hydrogen-bond acceptors (Lipinski definition) is 12. The number of fused-ring (bicyclic) bond motifs is 2. The number of nitrogens with zero attached hydrogens (tertiary/aromatic N) is 4. The van der Waals surface area contributed by atoms with Crippen LogP contribution in [0.1, 0.15) is 27.0 Å². The number of anilines is 1. The van der Waals surface area contributed by atoms with Crippen LogP contribution in [0.3, 0.4) is 0 Å². The zero-order valence-electron chi connectivity index (χ0n) is 17.8. The van der Waals surface area contributed by atoms with Gasteiger partial charge in [0, 0.05) is 0 Å². The Labute approximate surface area is 181 Å². The van der Waals surface area contributed by atoms with Crippen molar-refractivity contribution in [3.05, 3.63) is 6.33 Å². The number of nitrogens with two attached hydrogens (primary N) is 1. The minimum absolute atomic E-state index is 0.0992. The molecule has 2 fully saturated rings. The lowest BCUT2D eigenvalue weighted by Crippen LogP contribution is -2.45. The van der Waals surface area contributed by atoms with Crippen LogP contribution in [0.25, 0.3) is 11.2 Å². The molecule has 0 radical (unpaired) electrons. The highest BCUT2D eigenvalue weighted by Crippen LogP contribution is 2.59. The van der Waals surface area contributed by atoms with Gasteiger partial charge in [0.1, 0.15) is 12.2 Å². The summed E-state index contributed by atoms with van der Waals surface area (Å²) in [6, 6.07) is 0. The van der Waals surface area contributed by atoms with Crippen molar-refractivity contribution < 1.29 is 41.5 Å². The first-order valence-electron chi connectivity index (χ1n) is 9.69. The van der Waals surface area contributed by atoms with Gasteiger partial charge in [-0.2, -0.15) is 9.97 Å². The molecule has 176 valence electrons. The molecule has 4 rings (SSSR count). The molecule has 2 aliphatic rings. The van der Waals surface area contributed by atoms with Crippen molar-refractivity contribution in [3.8, 4) is 5.88 Å². The van der Waals surface area contributed by atoms with Crippen LogP contribution in [0, 0.1) is 0 Å². The van der Waals surface area contributed by atoms with Gasteiger partial charge in [-0.25, -0.2) is 18.7 Å². The summed E-state index contributed by atoms with van der Waals surface area (Å²) in [7, 11) is -2.86. The number of hydrogen-bond donors (Lipinski definition) is 1. The second kappa shape index (κ2) is 8.19. The van der Waals surface area contributed by atoms with Gasteiger partial charge in [0.15, 0.2) is 29.7 Å². The highest BCUT2D eigenvalue weighted by molar-refractivity contribution is 7.48. The number of phosphoric ester groups is 1. The molecule has 0 amide bonds. The molecule has 32 heavy (non-hydrogen) atoms. The zero-order chi connectivity index (χ0) is 23.3. The topological polar surface area (TPSA) is 159 Å². The maximum atomic E-state index is 16.0. The van der Waals surface area contributed by atoms with E-state index in [9.17, 15) is 9.36 Å². The summed E-state index contributed by atoms with van der Waals surface area (Å²) in [5.74, 6) is -0.741. The fraction of sp³-hybridized carbons (Fsp3) is 0.647. The fourth-order valence-electron chi connectivity index (χ4n) is 3.56. The molecule has 5 atom stereocenters. The first kappa shape index (κ1) is 22.8. The van der Waals surface area contributed by atoms with Gasteiger partial charge in [0.2, 0.25) is 11.8 Å². The highest BCUT2D eigenvalue weighted by Gasteiger charge is 2.61. The van der Waals surface area contributed by atoms with Gasteiger partial charge < -0.3 is 19.9 Å². The van der Waals surface area contributed by atoms with E-state index in [-0.39, 0.29) is 35.7 Å². The summed E-state index contributed by atoms with van der Waals surface area (Å²) < 4.78 is 61.5. The molecule has 0 bridgehead atoms. The van der Waals surface area contributed by atoms with E-state index >= 15 is 4.39 Å². The van der Waals surface area contributed by atoms with E-state index in [1.807, 2.05) is 0 Å². The summed E-state index contributed by atoms with van der Waals surface area (Å²) >= 11 is 0. The standard InChI is InChI=1S/C17H23FN5O8P/c1-8(2)29-10(24)6-28-32(25)27-5-9-12(31-32)17(3,18)15(30-9)23-7-20-11-13(23)21-16(19)22-14(11)26-4/h7-9,12,15H,5-6H2,1-4H3,(H2,19,21,22)/t9-,12-,15?,17-,32?/m1/s1. The van der Waals surface area contributed by atoms with Gasteiger partial charge in [0.25, 0.3) is 0 Å². The van der Waals surface area contributed by atoms with Crippen LogP contribution >= 0.6 is 7.82 Å². The lowest BCUT2D eigenvalue weighted by atomic mass is 9.98. The average Bonchev–Trinajstić information content (AvgIpc) is 3.23. The normalized spacial score (nSPS) is 32.2. The predicted octanol–water partition coefficient (Wildman–Crippen LogP) is 1.53. The van der Waals surface area contributed by atoms with E-state index < -0.39 is 44.5 Å². The molecule has 4 heterocycles. The highest BCUT2D eigenvalue weighted by atomic mass is 31.2. The van der Waals surface area contributed by atoms with Crippen molar-refractivity contribution in [1.82, 2.24) is 19.5 Å². The third-order valence-corrected chi connectivity index (χ3v) is 6.28. The first-order chi connectivity index (χ1) is 15.0.